The first-order valence-electron chi connectivity index (χ1n) is 6.39. The summed E-state index contributed by atoms with van der Waals surface area (Å²) in [5.41, 5.74) is 0.948. The van der Waals surface area contributed by atoms with Crippen LogP contribution in [0, 0.1) is 17.2 Å². The van der Waals surface area contributed by atoms with Crippen LogP contribution in [0.15, 0.2) is 24.5 Å². The van der Waals surface area contributed by atoms with Gasteiger partial charge in [-0.3, -0.25) is 4.98 Å². The lowest BCUT2D eigenvalue weighted by atomic mass is 10.1. The molecule has 102 valence electrons. The van der Waals surface area contributed by atoms with Crippen LogP contribution in [0.25, 0.3) is 0 Å². The third-order valence-corrected chi connectivity index (χ3v) is 4.82. The maximum atomic E-state index is 12.0. The lowest BCUT2D eigenvalue weighted by Crippen LogP contribution is -2.38. The summed E-state index contributed by atoms with van der Waals surface area (Å²) >= 11 is 0. The second-order valence-corrected chi connectivity index (χ2v) is 6.69. The fourth-order valence-corrected chi connectivity index (χ4v) is 3.71. The number of hydrogen-bond acceptors (Lipinski definition) is 4. The molecule has 5 nitrogen and oxygen atoms in total. The van der Waals surface area contributed by atoms with E-state index in [0.29, 0.717) is 6.42 Å². The van der Waals surface area contributed by atoms with Gasteiger partial charge in [0.25, 0.3) is 0 Å². The highest BCUT2D eigenvalue weighted by Gasteiger charge is 2.30. The predicted octanol–water partition coefficient (Wildman–Crippen LogP) is 1.24. The van der Waals surface area contributed by atoms with Gasteiger partial charge in [0.15, 0.2) is 0 Å². The highest BCUT2D eigenvalue weighted by Crippen LogP contribution is 2.25. The maximum Gasteiger partial charge on any atom is 0.212 e. The van der Waals surface area contributed by atoms with Gasteiger partial charge in [-0.25, -0.2) is 13.1 Å². The van der Waals surface area contributed by atoms with Crippen molar-refractivity contribution in [3.05, 3.63) is 30.1 Å². The molecule has 1 aromatic heterocycles. The Bertz CT molecular complexity index is 551. The van der Waals surface area contributed by atoms with E-state index in [1.54, 1.807) is 12.4 Å². The van der Waals surface area contributed by atoms with Crippen molar-refractivity contribution in [3.63, 3.8) is 0 Å². The van der Waals surface area contributed by atoms with Crippen LogP contribution < -0.4 is 4.72 Å². The normalized spacial score (nSPS) is 23.1. The summed E-state index contributed by atoms with van der Waals surface area (Å²) in [7, 11) is -3.33. The second kappa shape index (κ2) is 6.13. The maximum absolute atomic E-state index is 12.0. The number of aryl methyl sites for hydroxylation is 1. The summed E-state index contributed by atoms with van der Waals surface area (Å²) < 4.78 is 26.6. The lowest BCUT2D eigenvalue weighted by molar-refractivity contribution is 0.515. The SMILES string of the molecule is N#CC1CCCC1NS(=O)(=O)CCc1ccncc1. The highest BCUT2D eigenvalue weighted by atomic mass is 32.2. The molecule has 0 spiro atoms. The zero-order chi connectivity index (χ0) is 13.7. The van der Waals surface area contributed by atoms with Gasteiger partial charge in [0, 0.05) is 18.4 Å². The van der Waals surface area contributed by atoms with Crippen molar-refractivity contribution in [1.82, 2.24) is 9.71 Å². The number of rotatable bonds is 5. The molecule has 0 aliphatic heterocycles. The van der Waals surface area contributed by atoms with Gasteiger partial charge in [-0.2, -0.15) is 5.26 Å². The van der Waals surface area contributed by atoms with E-state index in [4.69, 9.17) is 5.26 Å². The minimum Gasteiger partial charge on any atom is -0.265 e. The Kier molecular flexibility index (Phi) is 4.51. The van der Waals surface area contributed by atoms with Crippen molar-refractivity contribution < 1.29 is 8.42 Å². The largest absolute Gasteiger partial charge is 0.265 e. The first-order chi connectivity index (χ1) is 9.11. The molecule has 0 radical (unpaired) electrons. The topological polar surface area (TPSA) is 82.9 Å². The number of aromatic nitrogens is 1. The highest BCUT2D eigenvalue weighted by molar-refractivity contribution is 7.89. The molecule has 1 aliphatic rings. The summed E-state index contributed by atoms with van der Waals surface area (Å²) in [6.07, 6.45) is 6.22. The van der Waals surface area contributed by atoms with Gasteiger partial charge in [0.1, 0.15) is 0 Å². The molecule has 2 atom stereocenters. The van der Waals surface area contributed by atoms with Gasteiger partial charge >= 0.3 is 0 Å². The molecule has 1 aromatic rings. The molecule has 2 unspecified atom stereocenters. The smallest absolute Gasteiger partial charge is 0.212 e. The van der Waals surface area contributed by atoms with Crippen molar-refractivity contribution in [1.29, 1.82) is 5.26 Å². The van der Waals surface area contributed by atoms with E-state index in [1.807, 2.05) is 12.1 Å². The second-order valence-electron chi connectivity index (χ2n) is 4.82. The van der Waals surface area contributed by atoms with Crippen LogP contribution in [-0.2, 0) is 16.4 Å². The van der Waals surface area contributed by atoms with E-state index in [0.717, 1.165) is 24.8 Å². The Morgan fingerprint density at radius 2 is 2.11 bits per heavy atom. The van der Waals surface area contributed by atoms with Gasteiger partial charge in [-0.05, 0) is 37.0 Å². The van der Waals surface area contributed by atoms with Crippen LogP contribution >= 0.6 is 0 Å². The Hall–Kier alpha value is -1.45. The third kappa shape index (κ3) is 4.01. The molecule has 0 saturated heterocycles. The van der Waals surface area contributed by atoms with Crippen molar-refractivity contribution >= 4 is 10.0 Å². The van der Waals surface area contributed by atoms with Gasteiger partial charge in [-0.15, -0.1) is 0 Å². The van der Waals surface area contributed by atoms with Crippen LogP contribution in [0.3, 0.4) is 0 Å². The molecule has 19 heavy (non-hydrogen) atoms. The molecule has 1 aliphatic carbocycles. The number of hydrogen-bond donors (Lipinski definition) is 1. The van der Waals surface area contributed by atoms with Crippen molar-refractivity contribution in [3.8, 4) is 6.07 Å². The van der Waals surface area contributed by atoms with E-state index in [1.165, 1.54) is 0 Å². The Morgan fingerprint density at radius 3 is 2.79 bits per heavy atom. The number of nitrogens with one attached hydrogen (secondary N) is 1. The zero-order valence-corrected chi connectivity index (χ0v) is 11.4. The quantitative estimate of drug-likeness (QED) is 0.879. The summed E-state index contributed by atoms with van der Waals surface area (Å²) in [5, 5.41) is 8.95. The van der Waals surface area contributed by atoms with Gasteiger partial charge in [-0.1, -0.05) is 6.42 Å². The fourth-order valence-electron chi connectivity index (χ4n) is 2.35. The van der Waals surface area contributed by atoms with E-state index in [-0.39, 0.29) is 17.7 Å². The van der Waals surface area contributed by atoms with E-state index in [9.17, 15) is 8.42 Å². The number of sulfonamides is 1. The molecule has 1 heterocycles. The first kappa shape index (κ1) is 14.0. The van der Waals surface area contributed by atoms with Crippen molar-refractivity contribution in [2.75, 3.05) is 5.75 Å². The van der Waals surface area contributed by atoms with Gasteiger partial charge in [0.2, 0.25) is 10.0 Å². The Balaban J connectivity index is 1.91. The first-order valence-corrected chi connectivity index (χ1v) is 8.04. The Morgan fingerprint density at radius 1 is 1.37 bits per heavy atom. The minimum absolute atomic E-state index is 0.0473. The number of nitrogens with zero attached hydrogens (tertiary/aromatic N) is 2. The molecule has 0 aromatic carbocycles. The summed E-state index contributed by atoms with van der Waals surface area (Å²) in [5.74, 6) is -0.137. The fraction of sp³-hybridized carbons (Fsp3) is 0.538. The molecular weight excluding hydrogens is 262 g/mol. The van der Waals surface area contributed by atoms with E-state index < -0.39 is 10.0 Å². The third-order valence-electron chi connectivity index (χ3n) is 3.42. The monoisotopic (exact) mass is 279 g/mol. The molecule has 2 rings (SSSR count). The molecular formula is C13H17N3O2S. The van der Waals surface area contributed by atoms with Crippen LogP contribution in [0.5, 0.6) is 0 Å². The molecule has 6 heteroatoms. The van der Waals surface area contributed by atoms with E-state index >= 15 is 0 Å². The average Bonchev–Trinajstić information content (AvgIpc) is 2.84. The summed E-state index contributed by atoms with van der Waals surface area (Å²) in [6.45, 7) is 0. The lowest BCUT2D eigenvalue weighted by Gasteiger charge is -2.15. The van der Waals surface area contributed by atoms with Gasteiger partial charge in [0.05, 0.1) is 17.7 Å². The minimum atomic E-state index is -3.33. The Labute approximate surface area is 113 Å². The van der Waals surface area contributed by atoms with Crippen LogP contribution in [0.1, 0.15) is 24.8 Å². The molecule has 1 N–H and O–H groups in total. The number of nitriles is 1. The van der Waals surface area contributed by atoms with Crippen molar-refractivity contribution in [2.24, 2.45) is 5.92 Å². The van der Waals surface area contributed by atoms with Crippen LogP contribution in [0.2, 0.25) is 0 Å². The van der Waals surface area contributed by atoms with E-state index in [2.05, 4.69) is 15.8 Å². The zero-order valence-electron chi connectivity index (χ0n) is 10.6. The summed E-state index contributed by atoms with van der Waals surface area (Å²) in [4.78, 5) is 3.89. The molecule has 0 bridgehead atoms. The van der Waals surface area contributed by atoms with Gasteiger partial charge < -0.3 is 0 Å². The molecule has 1 saturated carbocycles. The van der Waals surface area contributed by atoms with Crippen LogP contribution in [-0.4, -0.2) is 25.2 Å². The molecule has 0 amide bonds. The molecule has 1 fully saturated rings. The predicted molar refractivity (Wildman–Crippen MR) is 71.6 cm³/mol. The number of pyridine rings is 1. The van der Waals surface area contributed by atoms with Crippen molar-refractivity contribution in [2.45, 2.75) is 31.7 Å². The summed E-state index contributed by atoms with van der Waals surface area (Å²) in [6, 6.07) is 5.58. The average molecular weight is 279 g/mol. The van der Waals surface area contributed by atoms with Crippen LogP contribution in [0.4, 0.5) is 0 Å². The standard InChI is InChI=1S/C13H17N3O2S/c14-10-12-2-1-3-13(12)16-19(17,18)9-6-11-4-7-15-8-5-11/h4-5,7-8,12-13,16H,1-3,6,9H2.